The van der Waals surface area contributed by atoms with Crippen LogP contribution in [0, 0.1) is 0 Å². The Balaban J connectivity index is 2.24. The van der Waals surface area contributed by atoms with Gasteiger partial charge in [0, 0.05) is 18.5 Å². The Morgan fingerprint density at radius 3 is 2.88 bits per heavy atom. The highest BCUT2D eigenvalue weighted by Gasteiger charge is 2.02. The van der Waals surface area contributed by atoms with E-state index in [2.05, 4.69) is 16.9 Å². The summed E-state index contributed by atoms with van der Waals surface area (Å²) in [5.74, 6) is 1.29. The molecule has 0 radical (unpaired) electrons. The fourth-order valence-electron chi connectivity index (χ4n) is 1.33. The summed E-state index contributed by atoms with van der Waals surface area (Å²) < 4.78 is 5.62. The van der Waals surface area contributed by atoms with Gasteiger partial charge >= 0.3 is 0 Å². The molecule has 0 saturated heterocycles. The molecule has 0 bridgehead atoms. The van der Waals surface area contributed by atoms with Crippen LogP contribution < -0.4 is 10.5 Å². The quantitative estimate of drug-likeness (QED) is 0.854. The Labute approximate surface area is 94.1 Å². The maximum atomic E-state index is 5.73. The molecule has 0 spiro atoms. The second-order valence-electron chi connectivity index (χ2n) is 3.40. The van der Waals surface area contributed by atoms with Crippen LogP contribution in [-0.4, -0.2) is 9.97 Å². The number of hydrogen-bond acceptors (Lipinski definition) is 4. The van der Waals surface area contributed by atoms with Crippen LogP contribution in [0.5, 0.6) is 11.5 Å². The smallest absolute Gasteiger partial charge is 0.153 e. The fourth-order valence-corrected chi connectivity index (χ4v) is 1.33. The van der Waals surface area contributed by atoms with E-state index in [1.807, 2.05) is 12.3 Å². The van der Waals surface area contributed by atoms with E-state index in [9.17, 15) is 0 Å². The van der Waals surface area contributed by atoms with E-state index in [0.717, 1.165) is 12.0 Å². The standard InChI is InChI=1S/C12H13N3O/c1-2-9-5-10(7-15-6-9)16-12-3-4-14-8-11(12)13/h3-8H,2,13H2,1H3. The van der Waals surface area contributed by atoms with Gasteiger partial charge in [0.05, 0.1) is 18.1 Å². The summed E-state index contributed by atoms with van der Waals surface area (Å²) in [7, 11) is 0. The third-order valence-electron chi connectivity index (χ3n) is 2.22. The van der Waals surface area contributed by atoms with E-state index < -0.39 is 0 Å². The van der Waals surface area contributed by atoms with Crippen LogP contribution in [0.3, 0.4) is 0 Å². The van der Waals surface area contributed by atoms with Crippen LogP contribution in [-0.2, 0) is 6.42 Å². The Kier molecular flexibility index (Phi) is 3.00. The van der Waals surface area contributed by atoms with Gasteiger partial charge in [-0.1, -0.05) is 6.92 Å². The molecule has 0 atom stereocenters. The maximum absolute atomic E-state index is 5.73. The number of nitrogens with zero attached hydrogens (tertiary/aromatic N) is 2. The van der Waals surface area contributed by atoms with Crippen molar-refractivity contribution in [2.45, 2.75) is 13.3 Å². The summed E-state index contributed by atoms with van der Waals surface area (Å²) in [6.07, 6.45) is 7.62. The Bertz CT molecular complexity index is 485. The molecule has 2 aromatic rings. The monoisotopic (exact) mass is 215 g/mol. The maximum Gasteiger partial charge on any atom is 0.153 e. The number of ether oxygens (including phenoxy) is 1. The van der Waals surface area contributed by atoms with Crippen molar-refractivity contribution in [2.75, 3.05) is 5.73 Å². The van der Waals surface area contributed by atoms with Gasteiger partial charge in [0.2, 0.25) is 0 Å². The summed E-state index contributed by atoms with van der Waals surface area (Å²) in [4.78, 5) is 8.00. The van der Waals surface area contributed by atoms with Crippen molar-refractivity contribution in [1.29, 1.82) is 0 Å². The van der Waals surface area contributed by atoms with E-state index in [0.29, 0.717) is 17.2 Å². The number of pyridine rings is 2. The molecule has 0 aliphatic heterocycles. The summed E-state index contributed by atoms with van der Waals surface area (Å²) in [5.41, 5.74) is 7.38. The van der Waals surface area contributed by atoms with Crippen LogP contribution in [0.4, 0.5) is 5.69 Å². The lowest BCUT2D eigenvalue weighted by molar-refractivity contribution is 0.481. The van der Waals surface area contributed by atoms with Gasteiger partial charge in [0.25, 0.3) is 0 Å². The third kappa shape index (κ3) is 2.28. The molecule has 4 nitrogen and oxygen atoms in total. The van der Waals surface area contributed by atoms with Crippen molar-refractivity contribution in [3.05, 3.63) is 42.5 Å². The molecule has 0 saturated carbocycles. The van der Waals surface area contributed by atoms with Crippen LogP contribution >= 0.6 is 0 Å². The highest BCUT2D eigenvalue weighted by Crippen LogP contribution is 2.25. The first-order valence-corrected chi connectivity index (χ1v) is 5.11. The predicted molar refractivity (Wildman–Crippen MR) is 62.3 cm³/mol. The van der Waals surface area contributed by atoms with E-state index in [1.54, 1.807) is 24.7 Å². The molecule has 0 aromatic carbocycles. The molecule has 16 heavy (non-hydrogen) atoms. The van der Waals surface area contributed by atoms with E-state index in [1.165, 1.54) is 0 Å². The summed E-state index contributed by atoms with van der Waals surface area (Å²) in [6, 6.07) is 3.68. The number of aryl methyl sites for hydroxylation is 1. The topological polar surface area (TPSA) is 61.0 Å². The average molecular weight is 215 g/mol. The SMILES string of the molecule is CCc1cncc(Oc2ccncc2N)c1. The molecule has 0 aliphatic carbocycles. The molecule has 2 heterocycles. The molecule has 4 heteroatoms. The van der Waals surface area contributed by atoms with E-state index in [4.69, 9.17) is 10.5 Å². The molecule has 2 N–H and O–H groups in total. The van der Waals surface area contributed by atoms with Crippen LogP contribution in [0.2, 0.25) is 0 Å². The molecule has 82 valence electrons. The first kappa shape index (κ1) is 10.4. The zero-order valence-corrected chi connectivity index (χ0v) is 9.05. The lowest BCUT2D eigenvalue weighted by Gasteiger charge is -2.07. The minimum Gasteiger partial charge on any atom is -0.453 e. The largest absolute Gasteiger partial charge is 0.453 e. The van der Waals surface area contributed by atoms with Gasteiger partial charge in [0.1, 0.15) is 5.75 Å². The van der Waals surface area contributed by atoms with Gasteiger partial charge in [-0.3, -0.25) is 9.97 Å². The number of nitrogens with two attached hydrogens (primary N) is 1. The second-order valence-corrected chi connectivity index (χ2v) is 3.40. The Hall–Kier alpha value is -2.10. The van der Waals surface area contributed by atoms with Gasteiger partial charge in [-0.2, -0.15) is 0 Å². The molecule has 0 aliphatic rings. The molecule has 0 amide bonds. The normalized spacial score (nSPS) is 10.1. The van der Waals surface area contributed by atoms with Gasteiger partial charge < -0.3 is 10.5 Å². The van der Waals surface area contributed by atoms with Crippen molar-refractivity contribution in [3.8, 4) is 11.5 Å². The van der Waals surface area contributed by atoms with Crippen LogP contribution in [0.25, 0.3) is 0 Å². The Morgan fingerprint density at radius 1 is 1.25 bits per heavy atom. The van der Waals surface area contributed by atoms with Crippen LogP contribution in [0.15, 0.2) is 36.9 Å². The molecule has 0 unspecified atom stereocenters. The van der Waals surface area contributed by atoms with Gasteiger partial charge in [-0.15, -0.1) is 0 Å². The molecule has 2 rings (SSSR count). The van der Waals surface area contributed by atoms with Crippen molar-refractivity contribution in [3.63, 3.8) is 0 Å². The van der Waals surface area contributed by atoms with E-state index in [-0.39, 0.29) is 0 Å². The summed E-state index contributed by atoms with van der Waals surface area (Å²) >= 11 is 0. The molecular formula is C12H13N3O. The van der Waals surface area contributed by atoms with Crippen molar-refractivity contribution in [2.24, 2.45) is 0 Å². The average Bonchev–Trinajstić information content (AvgIpc) is 2.32. The van der Waals surface area contributed by atoms with Gasteiger partial charge in [-0.05, 0) is 18.1 Å². The van der Waals surface area contributed by atoms with Gasteiger partial charge in [-0.25, -0.2) is 0 Å². The highest BCUT2D eigenvalue weighted by atomic mass is 16.5. The zero-order valence-electron chi connectivity index (χ0n) is 9.05. The highest BCUT2D eigenvalue weighted by molar-refractivity contribution is 5.51. The van der Waals surface area contributed by atoms with Crippen molar-refractivity contribution >= 4 is 5.69 Å². The summed E-state index contributed by atoms with van der Waals surface area (Å²) in [5, 5.41) is 0. The van der Waals surface area contributed by atoms with Gasteiger partial charge in [0.15, 0.2) is 5.75 Å². The lowest BCUT2D eigenvalue weighted by atomic mass is 10.2. The second kappa shape index (κ2) is 4.61. The fraction of sp³-hybridized carbons (Fsp3) is 0.167. The number of aromatic nitrogens is 2. The number of rotatable bonds is 3. The minimum absolute atomic E-state index is 0.518. The van der Waals surface area contributed by atoms with Crippen molar-refractivity contribution < 1.29 is 4.74 Å². The van der Waals surface area contributed by atoms with E-state index >= 15 is 0 Å². The predicted octanol–water partition coefficient (Wildman–Crippen LogP) is 2.41. The number of nitrogen functional groups attached to an aromatic ring is 1. The number of hydrogen-bond donors (Lipinski definition) is 1. The minimum atomic E-state index is 0.518. The Morgan fingerprint density at radius 2 is 2.12 bits per heavy atom. The molecular weight excluding hydrogens is 202 g/mol. The lowest BCUT2D eigenvalue weighted by Crippen LogP contribution is -1.93. The first-order valence-electron chi connectivity index (χ1n) is 5.11. The zero-order chi connectivity index (χ0) is 11.4. The van der Waals surface area contributed by atoms with Crippen molar-refractivity contribution in [1.82, 2.24) is 9.97 Å². The molecule has 2 aromatic heterocycles. The number of anilines is 1. The molecule has 0 fully saturated rings. The summed E-state index contributed by atoms with van der Waals surface area (Å²) in [6.45, 7) is 2.07. The first-order chi connectivity index (χ1) is 7.79. The third-order valence-corrected chi connectivity index (χ3v) is 2.22. The van der Waals surface area contributed by atoms with Crippen LogP contribution in [0.1, 0.15) is 12.5 Å².